The second-order valence-electron chi connectivity index (χ2n) is 9.53. The number of methoxy groups -OCH3 is 1. The molecule has 4 rings (SSSR count). The summed E-state index contributed by atoms with van der Waals surface area (Å²) in [5.41, 5.74) is 4.67. The van der Waals surface area contributed by atoms with E-state index in [2.05, 4.69) is 15.4 Å². The SMILES string of the molecule is COCCC1c2ccc(NC(=O)c3ccc(C=NN4CCCCC4)cc3)cc2CCC1CC(=O)O. The quantitative estimate of drug-likeness (QED) is 0.501. The number of fused-ring (bicyclic) bond motifs is 1. The van der Waals surface area contributed by atoms with Crippen LogP contribution in [0, 0.1) is 5.92 Å². The molecular formula is C28H35N3O4. The predicted octanol–water partition coefficient (Wildman–Crippen LogP) is 4.92. The Labute approximate surface area is 207 Å². The zero-order valence-corrected chi connectivity index (χ0v) is 20.4. The summed E-state index contributed by atoms with van der Waals surface area (Å²) in [7, 11) is 1.67. The molecule has 2 N–H and O–H groups in total. The van der Waals surface area contributed by atoms with Gasteiger partial charge in [-0.1, -0.05) is 18.2 Å². The molecule has 186 valence electrons. The molecule has 1 heterocycles. The third kappa shape index (κ3) is 6.69. The van der Waals surface area contributed by atoms with Gasteiger partial charge in [-0.25, -0.2) is 0 Å². The molecule has 35 heavy (non-hydrogen) atoms. The van der Waals surface area contributed by atoms with Gasteiger partial charge in [-0.3, -0.25) is 14.6 Å². The lowest BCUT2D eigenvalue weighted by Gasteiger charge is -2.33. The van der Waals surface area contributed by atoms with E-state index in [1.165, 1.54) is 30.4 Å². The van der Waals surface area contributed by atoms with Crippen LogP contribution >= 0.6 is 0 Å². The monoisotopic (exact) mass is 477 g/mol. The van der Waals surface area contributed by atoms with Crippen LogP contribution in [0.15, 0.2) is 47.6 Å². The van der Waals surface area contributed by atoms with E-state index in [0.29, 0.717) is 12.2 Å². The van der Waals surface area contributed by atoms with Gasteiger partial charge in [-0.05, 0) is 91.3 Å². The number of anilines is 1. The first-order valence-corrected chi connectivity index (χ1v) is 12.6. The fourth-order valence-corrected chi connectivity index (χ4v) is 5.23. The lowest BCUT2D eigenvalue weighted by atomic mass is 9.72. The molecule has 2 atom stereocenters. The molecule has 1 fully saturated rings. The highest BCUT2D eigenvalue weighted by molar-refractivity contribution is 6.04. The lowest BCUT2D eigenvalue weighted by molar-refractivity contribution is -0.138. The molecule has 2 aromatic rings. The van der Waals surface area contributed by atoms with Gasteiger partial charge >= 0.3 is 5.97 Å². The maximum Gasteiger partial charge on any atom is 0.303 e. The molecule has 1 aliphatic heterocycles. The first-order valence-electron chi connectivity index (χ1n) is 12.6. The summed E-state index contributed by atoms with van der Waals surface area (Å²) in [4.78, 5) is 24.2. The normalized spacial score (nSPS) is 20.0. The Morgan fingerprint density at radius 3 is 2.63 bits per heavy atom. The molecule has 0 spiro atoms. The second kappa shape index (κ2) is 12.0. The number of piperidine rings is 1. The number of carboxylic acids is 1. The minimum Gasteiger partial charge on any atom is -0.481 e. The average molecular weight is 478 g/mol. The summed E-state index contributed by atoms with van der Waals surface area (Å²) in [5, 5.41) is 19.0. The van der Waals surface area contributed by atoms with E-state index >= 15 is 0 Å². The zero-order valence-electron chi connectivity index (χ0n) is 20.4. The number of aryl methyl sites for hydroxylation is 1. The number of nitrogens with zero attached hydrogens (tertiary/aromatic N) is 2. The number of aliphatic carboxylic acids is 1. The van der Waals surface area contributed by atoms with Crippen molar-refractivity contribution in [2.24, 2.45) is 11.0 Å². The van der Waals surface area contributed by atoms with Gasteiger partial charge < -0.3 is 15.2 Å². The largest absolute Gasteiger partial charge is 0.481 e. The molecule has 0 saturated carbocycles. The minimum absolute atomic E-state index is 0.104. The molecule has 0 aromatic heterocycles. The van der Waals surface area contributed by atoms with Crippen molar-refractivity contribution in [1.29, 1.82) is 0 Å². The van der Waals surface area contributed by atoms with E-state index in [0.717, 1.165) is 43.6 Å². The molecule has 2 unspecified atom stereocenters. The van der Waals surface area contributed by atoms with Crippen molar-refractivity contribution >= 4 is 23.8 Å². The van der Waals surface area contributed by atoms with Crippen molar-refractivity contribution < 1.29 is 19.4 Å². The summed E-state index contributed by atoms with van der Waals surface area (Å²) in [6, 6.07) is 13.5. The van der Waals surface area contributed by atoms with Gasteiger partial charge in [0.25, 0.3) is 5.91 Å². The molecule has 1 aliphatic carbocycles. The number of carbonyl (C=O) groups is 2. The fraction of sp³-hybridized carbons (Fsp3) is 0.464. The van der Waals surface area contributed by atoms with Crippen LogP contribution in [0.1, 0.15) is 71.5 Å². The van der Waals surface area contributed by atoms with Crippen LogP contribution in [0.5, 0.6) is 0 Å². The van der Waals surface area contributed by atoms with E-state index in [1.807, 2.05) is 48.7 Å². The predicted molar refractivity (Wildman–Crippen MR) is 137 cm³/mol. The van der Waals surface area contributed by atoms with Crippen molar-refractivity contribution in [3.05, 3.63) is 64.7 Å². The third-order valence-corrected chi connectivity index (χ3v) is 7.10. The highest BCUT2D eigenvalue weighted by Gasteiger charge is 2.31. The third-order valence-electron chi connectivity index (χ3n) is 7.10. The van der Waals surface area contributed by atoms with E-state index in [1.54, 1.807) is 7.11 Å². The number of rotatable bonds is 9. The van der Waals surface area contributed by atoms with Crippen molar-refractivity contribution in [3.8, 4) is 0 Å². The Balaban J connectivity index is 1.41. The molecule has 1 saturated heterocycles. The number of nitrogens with one attached hydrogen (secondary N) is 1. The van der Waals surface area contributed by atoms with Crippen LogP contribution in [0.3, 0.4) is 0 Å². The van der Waals surface area contributed by atoms with Crippen molar-refractivity contribution in [3.63, 3.8) is 0 Å². The molecular weight excluding hydrogens is 442 g/mol. The van der Waals surface area contributed by atoms with Gasteiger partial charge in [-0.2, -0.15) is 5.10 Å². The van der Waals surface area contributed by atoms with Crippen LogP contribution in [0.4, 0.5) is 5.69 Å². The van der Waals surface area contributed by atoms with Crippen molar-refractivity contribution in [2.75, 3.05) is 32.1 Å². The Kier molecular flexibility index (Phi) is 8.53. The maximum atomic E-state index is 12.8. The second-order valence-corrected chi connectivity index (χ2v) is 9.53. The summed E-state index contributed by atoms with van der Waals surface area (Å²) < 4.78 is 5.28. The van der Waals surface area contributed by atoms with E-state index < -0.39 is 5.97 Å². The van der Waals surface area contributed by atoms with Crippen LogP contribution < -0.4 is 5.32 Å². The Bertz CT molecular complexity index is 1040. The molecule has 2 aromatic carbocycles. The van der Waals surface area contributed by atoms with Crippen molar-refractivity contribution in [1.82, 2.24) is 5.01 Å². The number of benzene rings is 2. The average Bonchev–Trinajstić information content (AvgIpc) is 2.87. The first kappa shape index (κ1) is 24.9. The van der Waals surface area contributed by atoms with Crippen molar-refractivity contribution in [2.45, 2.75) is 50.9 Å². The summed E-state index contributed by atoms with van der Waals surface area (Å²) in [6.45, 7) is 2.60. The van der Waals surface area contributed by atoms with E-state index in [-0.39, 0.29) is 24.2 Å². The molecule has 2 aliphatic rings. The van der Waals surface area contributed by atoms with Crippen LogP contribution in [-0.4, -0.2) is 55.0 Å². The summed E-state index contributed by atoms with van der Waals surface area (Å²) in [5.74, 6) is -0.653. The van der Waals surface area contributed by atoms with Crippen LogP contribution in [0.25, 0.3) is 0 Å². The Morgan fingerprint density at radius 2 is 1.91 bits per heavy atom. The number of amides is 1. The number of hydrogen-bond donors (Lipinski definition) is 2. The number of ether oxygens (including phenoxy) is 1. The number of carbonyl (C=O) groups excluding carboxylic acids is 1. The highest BCUT2D eigenvalue weighted by atomic mass is 16.5. The van der Waals surface area contributed by atoms with Gasteiger partial charge in [0.2, 0.25) is 0 Å². The van der Waals surface area contributed by atoms with Gasteiger partial charge in [0.15, 0.2) is 0 Å². The highest BCUT2D eigenvalue weighted by Crippen LogP contribution is 2.41. The van der Waals surface area contributed by atoms with E-state index in [9.17, 15) is 14.7 Å². The number of carboxylic acid groups (broad SMARTS) is 1. The fourth-order valence-electron chi connectivity index (χ4n) is 5.23. The van der Waals surface area contributed by atoms with Gasteiger partial charge in [0, 0.05) is 44.5 Å². The summed E-state index contributed by atoms with van der Waals surface area (Å²) in [6.07, 6.45) is 8.11. The van der Waals surface area contributed by atoms with Gasteiger partial charge in [0.05, 0.1) is 6.21 Å². The molecule has 1 amide bonds. The molecule has 0 radical (unpaired) electrons. The Hall–Kier alpha value is -3.19. The summed E-state index contributed by atoms with van der Waals surface area (Å²) >= 11 is 0. The standard InChI is InChI=1S/C28H35N3O4/c1-35-16-13-26-23(18-27(32)33)10-9-22-17-24(11-12-25(22)26)30-28(34)21-7-5-20(6-8-21)19-29-31-14-3-2-4-15-31/h5-8,11-12,17,19,23,26H,2-4,9-10,13-16,18H2,1H3,(H,30,34)(H,32,33). The number of hydrogen-bond acceptors (Lipinski definition) is 5. The van der Waals surface area contributed by atoms with E-state index in [4.69, 9.17) is 4.74 Å². The minimum atomic E-state index is -0.756. The van der Waals surface area contributed by atoms with Gasteiger partial charge in [0.1, 0.15) is 0 Å². The topological polar surface area (TPSA) is 91.2 Å². The first-order chi connectivity index (χ1) is 17.0. The molecule has 7 heteroatoms. The zero-order chi connectivity index (χ0) is 24.6. The van der Waals surface area contributed by atoms with Gasteiger partial charge in [-0.15, -0.1) is 0 Å². The lowest BCUT2D eigenvalue weighted by Crippen LogP contribution is -2.24. The van der Waals surface area contributed by atoms with Crippen LogP contribution in [-0.2, 0) is 16.0 Å². The molecule has 7 nitrogen and oxygen atoms in total. The number of hydrazone groups is 1. The Morgan fingerprint density at radius 1 is 1.14 bits per heavy atom. The maximum absolute atomic E-state index is 12.8. The van der Waals surface area contributed by atoms with Crippen LogP contribution in [0.2, 0.25) is 0 Å². The smallest absolute Gasteiger partial charge is 0.303 e. The molecule has 0 bridgehead atoms.